The van der Waals surface area contributed by atoms with Crippen LogP contribution in [0.1, 0.15) is 18.9 Å². The van der Waals surface area contributed by atoms with Gasteiger partial charge in [-0.2, -0.15) is 0 Å². The molecule has 1 N–H and O–H groups in total. The predicted octanol–water partition coefficient (Wildman–Crippen LogP) is 4.76. The SMILES string of the molecule is CCOCCCN1CC=C2NN(c3ccccc3Cl)CC2=C1COCc1ccccc1. The normalized spacial score (nSPS) is 15.7. The van der Waals surface area contributed by atoms with Crippen molar-refractivity contribution in [1.82, 2.24) is 10.3 Å². The minimum absolute atomic E-state index is 0.578. The Morgan fingerprint density at radius 1 is 1.00 bits per heavy atom. The van der Waals surface area contributed by atoms with E-state index in [-0.39, 0.29) is 0 Å². The lowest BCUT2D eigenvalue weighted by Crippen LogP contribution is -2.32. The smallest absolute Gasteiger partial charge is 0.0873 e. The number of ether oxygens (including phenoxy) is 2. The van der Waals surface area contributed by atoms with E-state index in [2.05, 4.69) is 33.5 Å². The molecule has 2 aromatic carbocycles. The number of hydrogen-bond acceptors (Lipinski definition) is 5. The van der Waals surface area contributed by atoms with Crippen LogP contribution in [0.15, 0.2) is 77.6 Å². The number of hydrazine groups is 1. The molecule has 31 heavy (non-hydrogen) atoms. The van der Waals surface area contributed by atoms with Gasteiger partial charge in [-0.05, 0) is 37.1 Å². The van der Waals surface area contributed by atoms with Gasteiger partial charge in [0.05, 0.1) is 36.2 Å². The molecule has 164 valence electrons. The van der Waals surface area contributed by atoms with E-state index in [0.717, 1.165) is 55.7 Å². The van der Waals surface area contributed by atoms with Crippen LogP contribution in [0.3, 0.4) is 0 Å². The average molecular weight is 440 g/mol. The third kappa shape index (κ3) is 5.42. The van der Waals surface area contributed by atoms with E-state index in [1.807, 2.05) is 49.4 Å². The van der Waals surface area contributed by atoms with Crippen molar-refractivity contribution in [2.45, 2.75) is 20.0 Å². The van der Waals surface area contributed by atoms with Gasteiger partial charge in [0.1, 0.15) is 0 Å². The van der Waals surface area contributed by atoms with E-state index >= 15 is 0 Å². The first-order valence-corrected chi connectivity index (χ1v) is 11.3. The van der Waals surface area contributed by atoms with Gasteiger partial charge in [-0.25, -0.2) is 0 Å². The highest BCUT2D eigenvalue weighted by molar-refractivity contribution is 6.33. The van der Waals surface area contributed by atoms with Crippen molar-refractivity contribution >= 4 is 17.3 Å². The Labute approximate surface area is 189 Å². The predicted molar refractivity (Wildman–Crippen MR) is 126 cm³/mol. The molecule has 2 heterocycles. The van der Waals surface area contributed by atoms with Gasteiger partial charge in [-0.1, -0.05) is 54.1 Å². The Hall–Kier alpha value is -2.47. The molecule has 0 amide bonds. The first kappa shape index (κ1) is 21.8. The molecule has 4 rings (SSSR count). The van der Waals surface area contributed by atoms with Crippen LogP contribution in [0, 0.1) is 0 Å². The molecule has 1 saturated heterocycles. The summed E-state index contributed by atoms with van der Waals surface area (Å²) in [7, 11) is 0. The number of hydrogen-bond donors (Lipinski definition) is 1. The molecule has 1 fully saturated rings. The Balaban J connectivity index is 1.50. The number of rotatable bonds is 10. The fourth-order valence-corrected chi connectivity index (χ4v) is 4.21. The molecule has 0 aliphatic carbocycles. The molecule has 0 aromatic heterocycles. The van der Waals surface area contributed by atoms with Gasteiger partial charge in [0.2, 0.25) is 0 Å². The third-order valence-electron chi connectivity index (χ3n) is 5.56. The summed E-state index contributed by atoms with van der Waals surface area (Å²) < 4.78 is 11.7. The van der Waals surface area contributed by atoms with Crippen LogP contribution in [0.5, 0.6) is 0 Å². The van der Waals surface area contributed by atoms with Crippen LogP contribution in [-0.4, -0.2) is 44.4 Å². The zero-order valence-electron chi connectivity index (χ0n) is 18.0. The third-order valence-corrected chi connectivity index (χ3v) is 5.88. The van der Waals surface area contributed by atoms with E-state index in [4.69, 9.17) is 21.1 Å². The molecule has 0 atom stereocenters. The summed E-state index contributed by atoms with van der Waals surface area (Å²) in [5.41, 5.74) is 9.37. The van der Waals surface area contributed by atoms with Gasteiger partial charge in [0.25, 0.3) is 0 Å². The Morgan fingerprint density at radius 3 is 2.61 bits per heavy atom. The second kappa shape index (κ2) is 10.7. The summed E-state index contributed by atoms with van der Waals surface area (Å²) in [6, 6.07) is 18.2. The second-order valence-corrected chi connectivity index (χ2v) is 8.07. The lowest BCUT2D eigenvalue weighted by atomic mass is 10.1. The summed E-state index contributed by atoms with van der Waals surface area (Å²) in [5.74, 6) is 0. The maximum atomic E-state index is 6.45. The average Bonchev–Trinajstić information content (AvgIpc) is 3.23. The maximum absolute atomic E-state index is 6.45. The van der Waals surface area contributed by atoms with Crippen molar-refractivity contribution in [3.8, 4) is 0 Å². The second-order valence-electron chi connectivity index (χ2n) is 7.67. The number of nitrogens with zero attached hydrogens (tertiary/aromatic N) is 2. The number of anilines is 1. The zero-order chi connectivity index (χ0) is 21.5. The molecule has 0 spiro atoms. The van der Waals surface area contributed by atoms with Crippen molar-refractivity contribution in [2.75, 3.05) is 44.5 Å². The number of benzene rings is 2. The van der Waals surface area contributed by atoms with Gasteiger partial charge in [-0.15, -0.1) is 0 Å². The van der Waals surface area contributed by atoms with Crippen LogP contribution in [0.2, 0.25) is 5.02 Å². The number of nitrogens with one attached hydrogen (secondary N) is 1. The molecular formula is C25H30ClN3O2. The number of para-hydroxylation sites is 1. The summed E-state index contributed by atoms with van der Waals surface area (Å²) >= 11 is 6.45. The Bertz CT molecular complexity index is 929. The van der Waals surface area contributed by atoms with Gasteiger partial charge < -0.3 is 14.4 Å². The number of fused-ring (bicyclic) bond motifs is 1. The lowest BCUT2D eigenvalue weighted by Gasteiger charge is -2.31. The van der Waals surface area contributed by atoms with Crippen molar-refractivity contribution in [3.05, 3.63) is 88.2 Å². The highest BCUT2D eigenvalue weighted by Crippen LogP contribution is 2.33. The van der Waals surface area contributed by atoms with Gasteiger partial charge in [0, 0.05) is 37.6 Å². The number of halogens is 1. The van der Waals surface area contributed by atoms with Gasteiger partial charge in [0.15, 0.2) is 0 Å². The Morgan fingerprint density at radius 2 is 1.81 bits per heavy atom. The quantitative estimate of drug-likeness (QED) is 0.540. The topological polar surface area (TPSA) is 37.0 Å². The molecule has 2 aromatic rings. The molecule has 0 saturated carbocycles. The maximum Gasteiger partial charge on any atom is 0.0873 e. The highest BCUT2D eigenvalue weighted by atomic mass is 35.5. The minimum atomic E-state index is 0.578. The Kier molecular flexibility index (Phi) is 7.52. The van der Waals surface area contributed by atoms with E-state index in [9.17, 15) is 0 Å². The van der Waals surface area contributed by atoms with Gasteiger partial charge >= 0.3 is 0 Å². The molecule has 2 aliphatic heterocycles. The first-order chi connectivity index (χ1) is 15.3. The van der Waals surface area contributed by atoms with Crippen LogP contribution in [0.25, 0.3) is 0 Å². The van der Waals surface area contributed by atoms with E-state index in [0.29, 0.717) is 13.2 Å². The summed E-state index contributed by atoms with van der Waals surface area (Å²) in [6.07, 6.45) is 3.25. The lowest BCUT2D eigenvalue weighted by molar-refractivity contribution is 0.112. The van der Waals surface area contributed by atoms with Crippen molar-refractivity contribution < 1.29 is 9.47 Å². The fourth-order valence-electron chi connectivity index (χ4n) is 3.98. The highest BCUT2D eigenvalue weighted by Gasteiger charge is 2.30. The van der Waals surface area contributed by atoms with Crippen LogP contribution < -0.4 is 10.4 Å². The van der Waals surface area contributed by atoms with Crippen molar-refractivity contribution in [3.63, 3.8) is 0 Å². The van der Waals surface area contributed by atoms with Crippen LogP contribution >= 0.6 is 11.6 Å². The molecular weight excluding hydrogens is 410 g/mol. The van der Waals surface area contributed by atoms with Crippen molar-refractivity contribution in [1.29, 1.82) is 0 Å². The minimum Gasteiger partial charge on any atom is -0.382 e. The zero-order valence-corrected chi connectivity index (χ0v) is 18.8. The van der Waals surface area contributed by atoms with Crippen LogP contribution in [-0.2, 0) is 16.1 Å². The molecule has 5 nitrogen and oxygen atoms in total. The standard InChI is InChI=1S/C25H30ClN3O2/c1-2-30-16-8-14-28-15-13-23-21(17-29(27-23)24-12-7-6-11-22(24)26)25(28)19-31-18-20-9-4-3-5-10-20/h3-7,9-13,27H,2,8,14-19H2,1H3. The molecule has 0 bridgehead atoms. The van der Waals surface area contributed by atoms with Crippen molar-refractivity contribution in [2.24, 2.45) is 0 Å². The van der Waals surface area contributed by atoms with Gasteiger partial charge in [-0.3, -0.25) is 10.4 Å². The van der Waals surface area contributed by atoms with E-state index in [1.165, 1.54) is 16.8 Å². The monoisotopic (exact) mass is 439 g/mol. The molecule has 6 heteroatoms. The summed E-state index contributed by atoms with van der Waals surface area (Å²) in [4.78, 5) is 2.42. The fraction of sp³-hybridized carbons (Fsp3) is 0.360. The first-order valence-electron chi connectivity index (χ1n) is 10.9. The molecule has 2 aliphatic rings. The summed E-state index contributed by atoms with van der Waals surface area (Å²) in [6.45, 7) is 7.31. The summed E-state index contributed by atoms with van der Waals surface area (Å²) in [5, 5.41) is 2.86. The largest absolute Gasteiger partial charge is 0.382 e. The molecule has 0 radical (unpaired) electrons. The van der Waals surface area contributed by atoms with E-state index in [1.54, 1.807) is 0 Å². The van der Waals surface area contributed by atoms with E-state index < -0.39 is 0 Å². The van der Waals surface area contributed by atoms with Crippen LogP contribution in [0.4, 0.5) is 5.69 Å². The molecule has 0 unspecified atom stereocenters.